The highest BCUT2D eigenvalue weighted by Crippen LogP contribution is 2.27. The third-order valence-corrected chi connectivity index (χ3v) is 7.28. The van der Waals surface area contributed by atoms with Gasteiger partial charge in [0.25, 0.3) is 0 Å². The predicted molar refractivity (Wildman–Crippen MR) is 136 cm³/mol. The van der Waals surface area contributed by atoms with Crippen molar-refractivity contribution in [3.8, 4) is 5.75 Å². The Morgan fingerprint density at radius 3 is 2.41 bits per heavy atom. The first-order valence-electron chi connectivity index (χ1n) is 11.9. The lowest BCUT2D eigenvalue weighted by Crippen LogP contribution is -2.47. The van der Waals surface area contributed by atoms with Crippen LogP contribution in [0.3, 0.4) is 0 Å². The molecule has 0 radical (unpaired) electrons. The number of rotatable bonds is 10. The fraction of sp³-hybridized carbons (Fsp3) is 0.357. The van der Waals surface area contributed by atoms with E-state index in [1.807, 2.05) is 60.0 Å². The summed E-state index contributed by atoms with van der Waals surface area (Å²) in [4.78, 5) is 30.1. The van der Waals surface area contributed by atoms with E-state index in [1.165, 1.54) is 0 Å². The SMILES string of the molecule is COc1ccc([C@@H](C(=O)NC2CCCC2)N(CCc2ccccc2)C(=O)Cc2cccs2)cc1. The van der Waals surface area contributed by atoms with E-state index in [4.69, 9.17) is 4.74 Å². The first kappa shape index (κ1) is 24.0. The first-order chi connectivity index (χ1) is 16.6. The zero-order valence-electron chi connectivity index (χ0n) is 19.6. The zero-order chi connectivity index (χ0) is 23.8. The van der Waals surface area contributed by atoms with Gasteiger partial charge in [0, 0.05) is 17.5 Å². The van der Waals surface area contributed by atoms with Crippen molar-refractivity contribution in [2.24, 2.45) is 0 Å². The van der Waals surface area contributed by atoms with Crippen molar-refractivity contribution in [3.05, 3.63) is 88.1 Å². The van der Waals surface area contributed by atoms with Crippen molar-refractivity contribution < 1.29 is 14.3 Å². The number of thiophene rings is 1. The monoisotopic (exact) mass is 476 g/mol. The lowest BCUT2D eigenvalue weighted by Gasteiger charge is -2.32. The third kappa shape index (κ3) is 6.26. The average Bonchev–Trinajstić information content (AvgIpc) is 3.57. The molecule has 0 unspecified atom stereocenters. The topological polar surface area (TPSA) is 58.6 Å². The molecule has 178 valence electrons. The Morgan fingerprint density at radius 2 is 1.76 bits per heavy atom. The van der Waals surface area contributed by atoms with Gasteiger partial charge < -0.3 is 15.0 Å². The largest absolute Gasteiger partial charge is 0.497 e. The molecule has 2 aromatic carbocycles. The smallest absolute Gasteiger partial charge is 0.247 e. The Bertz CT molecular complexity index is 1050. The van der Waals surface area contributed by atoms with E-state index < -0.39 is 6.04 Å². The lowest BCUT2D eigenvalue weighted by atomic mass is 10.0. The minimum atomic E-state index is -0.692. The van der Waals surface area contributed by atoms with Crippen molar-refractivity contribution in [3.63, 3.8) is 0 Å². The Morgan fingerprint density at radius 1 is 1.03 bits per heavy atom. The highest BCUT2D eigenvalue weighted by atomic mass is 32.1. The summed E-state index contributed by atoms with van der Waals surface area (Å²) in [6.45, 7) is 0.461. The number of hydrogen-bond donors (Lipinski definition) is 1. The van der Waals surface area contributed by atoms with Crippen molar-refractivity contribution in [2.75, 3.05) is 13.7 Å². The molecular weight excluding hydrogens is 444 g/mol. The van der Waals surface area contributed by atoms with Crippen LogP contribution < -0.4 is 10.1 Å². The molecule has 0 aliphatic heterocycles. The number of hydrogen-bond acceptors (Lipinski definition) is 4. The Labute approximate surface area is 205 Å². The number of carbonyl (C=O) groups is 2. The van der Waals surface area contributed by atoms with E-state index in [1.54, 1.807) is 23.3 Å². The number of ether oxygens (including phenoxy) is 1. The molecule has 1 fully saturated rings. The second-order valence-corrected chi connectivity index (χ2v) is 9.78. The molecule has 1 heterocycles. The fourth-order valence-electron chi connectivity index (χ4n) is 4.57. The molecule has 1 aliphatic rings. The van der Waals surface area contributed by atoms with Crippen LogP contribution in [0.1, 0.15) is 47.7 Å². The van der Waals surface area contributed by atoms with Crippen LogP contribution in [0, 0.1) is 0 Å². The number of nitrogens with zero attached hydrogens (tertiary/aromatic N) is 1. The molecule has 6 heteroatoms. The summed E-state index contributed by atoms with van der Waals surface area (Å²) in [5.74, 6) is 0.574. The maximum absolute atomic E-state index is 13.7. The fourth-order valence-corrected chi connectivity index (χ4v) is 5.26. The van der Waals surface area contributed by atoms with Crippen LogP contribution >= 0.6 is 11.3 Å². The van der Waals surface area contributed by atoms with Crippen molar-refractivity contribution in [1.29, 1.82) is 0 Å². The lowest BCUT2D eigenvalue weighted by molar-refractivity contribution is -0.140. The van der Waals surface area contributed by atoms with Crippen LogP contribution in [-0.4, -0.2) is 36.4 Å². The number of nitrogens with one attached hydrogen (secondary N) is 1. The first-order valence-corrected chi connectivity index (χ1v) is 12.8. The van der Waals surface area contributed by atoms with E-state index in [9.17, 15) is 9.59 Å². The Balaban J connectivity index is 1.64. The van der Waals surface area contributed by atoms with Gasteiger partial charge in [0.1, 0.15) is 11.8 Å². The minimum Gasteiger partial charge on any atom is -0.497 e. The molecular formula is C28H32N2O3S. The average molecular weight is 477 g/mol. The van der Waals surface area contributed by atoms with E-state index in [2.05, 4.69) is 17.4 Å². The molecule has 0 saturated heterocycles. The van der Waals surface area contributed by atoms with Crippen LogP contribution in [0.5, 0.6) is 5.75 Å². The molecule has 1 N–H and O–H groups in total. The van der Waals surface area contributed by atoms with Gasteiger partial charge >= 0.3 is 0 Å². The van der Waals surface area contributed by atoms with Crippen LogP contribution in [0.4, 0.5) is 0 Å². The number of benzene rings is 2. The molecule has 0 bridgehead atoms. The van der Waals surface area contributed by atoms with Crippen molar-refractivity contribution in [2.45, 2.75) is 50.6 Å². The van der Waals surface area contributed by atoms with Crippen molar-refractivity contribution >= 4 is 23.2 Å². The summed E-state index contributed by atoms with van der Waals surface area (Å²) in [6.07, 6.45) is 5.22. The van der Waals surface area contributed by atoms with Gasteiger partial charge in [0.2, 0.25) is 11.8 Å². The summed E-state index contributed by atoms with van der Waals surface area (Å²) < 4.78 is 5.32. The molecule has 3 aromatic rings. The molecule has 1 atom stereocenters. The zero-order valence-corrected chi connectivity index (χ0v) is 20.4. The molecule has 34 heavy (non-hydrogen) atoms. The molecule has 4 rings (SSSR count). The van der Waals surface area contributed by atoms with Crippen LogP contribution in [-0.2, 0) is 22.4 Å². The van der Waals surface area contributed by atoms with Gasteiger partial charge in [0.05, 0.1) is 13.5 Å². The van der Waals surface area contributed by atoms with Crippen LogP contribution in [0.2, 0.25) is 0 Å². The van der Waals surface area contributed by atoms with Crippen LogP contribution in [0.15, 0.2) is 72.1 Å². The summed E-state index contributed by atoms with van der Waals surface area (Å²) >= 11 is 1.57. The molecule has 1 aliphatic carbocycles. The predicted octanol–water partition coefficient (Wildman–Crippen LogP) is 5.17. The number of carbonyl (C=O) groups excluding carboxylic acids is 2. The van der Waals surface area contributed by atoms with Crippen LogP contribution in [0.25, 0.3) is 0 Å². The number of methoxy groups -OCH3 is 1. The van der Waals surface area contributed by atoms with Gasteiger partial charge in [-0.1, -0.05) is 61.4 Å². The molecule has 1 saturated carbocycles. The quantitative estimate of drug-likeness (QED) is 0.439. The maximum atomic E-state index is 13.7. The van der Waals surface area contributed by atoms with Gasteiger partial charge in [0.15, 0.2) is 0 Å². The summed E-state index contributed by atoms with van der Waals surface area (Å²) in [6, 6.07) is 21.0. The van der Waals surface area contributed by atoms with E-state index in [0.717, 1.165) is 47.4 Å². The van der Waals surface area contributed by atoms with Gasteiger partial charge in [-0.25, -0.2) is 0 Å². The standard InChI is InChI=1S/C28H32N2O3S/c1-33-24-15-13-22(14-16-24)27(28(32)29-23-10-5-6-11-23)30(18-17-21-8-3-2-4-9-21)26(31)20-25-12-7-19-34-25/h2-4,7-9,12-16,19,23,27H,5-6,10-11,17-18,20H2,1H3,(H,29,32)/t27-/m0/s1. The molecule has 2 amide bonds. The van der Waals surface area contributed by atoms with E-state index >= 15 is 0 Å². The molecule has 0 spiro atoms. The van der Waals surface area contributed by atoms with Gasteiger partial charge in [-0.15, -0.1) is 11.3 Å². The van der Waals surface area contributed by atoms with E-state index in [0.29, 0.717) is 13.0 Å². The highest BCUT2D eigenvalue weighted by molar-refractivity contribution is 7.10. The van der Waals surface area contributed by atoms with Gasteiger partial charge in [-0.3, -0.25) is 9.59 Å². The van der Waals surface area contributed by atoms with E-state index in [-0.39, 0.29) is 24.3 Å². The molecule has 5 nitrogen and oxygen atoms in total. The Hall–Kier alpha value is -3.12. The highest BCUT2D eigenvalue weighted by Gasteiger charge is 2.33. The summed E-state index contributed by atoms with van der Waals surface area (Å²) in [7, 11) is 1.62. The summed E-state index contributed by atoms with van der Waals surface area (Å²) in [5.41, 5.74) is 1.94. The van der Waals surface area contributed by atoms with Crippen molar-refractivity contribution in [1.82, 2.24) is 10.2 Å². The second-order valence-electron chi connectivity index (χ2n) is 8.74. The maximum Gasteiger partial charge on any atom is 0.247 e. The number of amides is 2. The minimum absolute atomic E-state index is 0.0410. The molecule has 1 aromatic heterocycles. The Kier molecular flexibility index (Phi) is 8.36. The van der Waals surface area contributed by atoms with Gasteiger partial charge in [-0.05, 0) is 54.0 Å². The van der Waals surface area contributed by atoms with Gasteiger partial charge in [-0.2, -0.15) is 0 Å². The second kappa shape index (κ2) is 11.8. The summed E-state index contributed by atoms with van der Waals surface area (Å²) in [5, 5.41) is 5.21. The normalized spacial score (nSPS) is 14.5. The third-order valence-electron chi connectivity index (χ3n) is 6.40.